The Morgan fingerprint density at radius 2 is 1.33 bits per heavy atom. The predicted molar refractivity (Wildman–Crippen MR) is 66.6 cm³/mol. The van der Waals surface area contributed by atoms with Crippen LogP contribution in [0.3, 0.4) is 0 Å². The second-order valence-corrected chi connectivity index (χ2v) is 3.87. The van der Waals surface area contributed by atoms with E-state index in [1.54, 1.807) is 34.6 Å². The summed E-state index contributed by atoms with van der Waals surface area (Å²) >= 11 is 0. The molecule has 0 unspecified atom stereocenters. The van der Waals surface area contributed by atoms with Crippen LogP contribution in [0.1, 0.15) is 48.0 Å². The van der Waals surface area contributed by atoms with Crippen molar-refractivity contribution < 1.29 is 46.3 Å². The fourth-order valence-corrected chi connectivity index (χ4v) is 0.415. The number of hydrogen-bond acceptors (Lipinski definition) is 5. The first-order valence-electron chi connectivity index (χ1n) is 5.64. The maximum Gasteiger partial charge on any atom is 0.313 e. The zero-order chi connectivity index (χ0) is 14.4. The number of carbonyl (C=O) groups is 2. The number of carbonyl (C=O) groups excluding carboxylic acids is 2. The van der Waals surface area contributed by atoms with E-state index in [0.717, 1.165) is 0 Å². The van der Waals surface area contributed by atoms with Gasteiger partial charge in [0.2, 0.25) is 0 Å². The van der Waals surface area contributed by atoms with Gasteiger partial charge in [0.15, 0.2) is 0 Å². The van der Waals surface area contributed by atoms with E-state index < -0.39 is 5.97 Å². The van der Waals surface area contributed by atoms with E-state index in [2.05, 4.69) is 4.74 Å². The summed E-state index contributed by atoms with van der Waals surface area (Å²) in [5, 5.41) is 16.1. The van der Waals surface area contributed by atoms with Crippen LogP contribution in [0.4, 0.5) is 0 Å². The number of hydrogen-bond donors (Lipinski definition) is 2. The van der Waals surface area contributed by atoms with Crippen molar-refractivity contribution in [2.75, 3.05) is 6.61 Å². The molecule has 18 heavy (non-hydrogen) atoms. The average Bonchev–Trinajstić information content (AvgIpc) is 1.99. The first-order chi connectivity index (χ1) is 7.63. The summed E-state index contributed by atoms with van der Waals surface area (Å²) in [6, 6.07) is 0. The molecular formula is C12H26O5Ti. The van der Waals surface area contributed by atoms with Crippen LogP contribution in [-0.4, -0.2) is 40.8 Å². The van der Waals surface area contributed by atoms with Gasteiger partial charge in [-0.15, -0.1) is 0 Å². The van der Waals surface area contributed by atoms with Crippen LogP contribution in [-0.2, 0) is 36.0 Å². The van der Waals surface area contributed by atoms with E-state index in [-0.39, 0.29) is 46.1 Å². The van der Waals surface area contributed by atoms with Gasteiger partial charge in [0.05, 0.1) is 6.61 Å². The van der Waals surface area contributed by atoms with E-state index >= 15 is 0 Å². The maximum absolute atomic E-state index is 10.4. The van der Waals surface area contributed by atoms with Crippen LogP contribution >= 0.6 is 0 Å². The molecule has 0 atom stereocenters. The molecule has 0 amide bonds. The molecule has 0 saturated carbocycles. The third-order valence-electron chi connectivity index (χ3n) is 0.699. The summed E-state index contributed by atoms with van der Waals surface area (Å²) in [4.78, 5) is 20.6. The molecule has 0 saturated heterocycles. The molecule has 0 rings (SSSR count). The monoisotopic (exact) mass is 298 g/mol. The Morgan fingerprint density at radius 1 is 1.06 bits per heavy atom. The van der Waals surface area contributed by atoms with Gasteiger partial charge in [0, 0.05) is 33.9 Å². The smallest absolute Gasteiger partial charge is 0.313 e. The first-order valence-corrected chi connectivity index (χ1v) is 5.64. The molecule has 0 heterocycles. The molecule has 6 heteroatoms. The van der Waals surface area contributed by atoms with Crippen molar-refractivity contribution in [3.8, 4) is 0 Å². The zero-order valence-electron chi connectivity index (χ0n) is 12.2. The number of Topliss-reactive ketones (excluding diaryl/α,β-unsaturated/α-hetero) is 1. The maximum atomic E-state index is 10.4. The van der Waals surface area contributed by atoms with Gasteiger partial charge < -0.3 is 14.9 Å². The molecule has 0 aromatic rings. The number of rotatable bonds is 3. The number of ketones is 1. The molecule has 0 aliphatic rings. The van der Waals surface area contributed by atoms with E-state index in [1.807, 2.05) is 0 Å². The quantitative estimate of drug-likeness (QED) is 0.466. The molecule has 0 radical (unpaired) electrons. The topological polar surface area (TPSA) is 83.8 Å². The second-order valence-electron chi connectivity index (χ2n) is 3.87. The molecule has 0 aromatic heterocycles. The molecule has 0 aliphatic heterocycles. The molecule has 2 N–H and O–H groups in total. The van der Waals surface area contributed by atoms with E-state index in [1.165, 1.54) is 6.92 Å². The molecule has 108 valence electrons. The summed E-state index contributed by atoms with van der Waals surface area (Å²) in [5.41, 5.74) is 0. The first kappa shape index (κ1) is 26.4. The van der Waals surface area contributed by atoms with Gasteiger partial charge in [-0.3, -0.25) is 9.59 Å². The Kier molecular flexibility index (Phi) is 28.0. The van der Waals surface area contributed by atoms with Gasteiger partial charge in [0.25, 0.3) is 0 Å². The van der Waals surface area contributed by atoms with Crippen LogP contribution in [0.5, 0.6) is 0 Å². The minimum atomic E-state index is -0.440. The minimum Gasteiger partial charge on any atom is -0.466 e. The van der Waals surface area contributed by atoms with Crippen LogP contribution < -0.4 is 0 Å². The van der Waals surface area contributed by atoms with Gasteiger partial charge in [-0.1, -0.05) is 0 Å². The minimum absolute atomic E-state index is 0. The normalized spacial score (nSPS) is 8.33. The van der Waals surface area contributed by atoms with Crippen molar-refractivity contribution in [1.82, 2.24) is 0 Å². The Labute approximate surface area is 125 Å². The van der Waals surface area contributed by atoms with Gasteiger partial charge in [-0.05, 0) is 41.5 Å². The molecule has 0 bridgehead atoms. The van der Waals surface area contributed by atoms with Gasteiger partial charge in [-0.2, -0.15) is 0 Å². The molecule has 0 aliphatic carbocycles. The average molecular weight is 298 g/mol. The summed E-state index contributed by atoms with van der Waals surface area (Å²) in [6.07, 6.45) is -0.437. The number of ether oxygens (including phenoxy) is 1. The van der Waals surface area contributed by atoms with Crippen LogP contribution in [0.25, 0.3) is 0 Å². The van der Waals surface area contributed by atoms with E-state index in [4.69, 9.17) is 10.2 Å². The summed E-state index contributed by atoms with van der Waals surface area (Å²) in [7, 11) is 0. The number of aliphatic hydroxyl groups is 2. The second kappa shape index (κ2) is 19.1. The van der Waals surface area contributed by atoms with Crippen molar-refractivity contribution in [1.29, 1.82) is 0 Å². The fourth-order valence-electron chi connectivity index (χ4n) is 0.415. The zero-order valence-corrected chi connectivity index (χ0v) is 13.7. The Balaban J connectivity index is -0.0000000922. The molecule has 0 fully saturated rings. The van der Waals surface area contributed by atoms with Crippen molar-refractivity contribution in [3.63, 3.8) is 0 Å². The van der Waals surface area contributed by atoms with E-state index in [0.29, 0.717) is 6.61 Å². The predicted octanol–water partition coefficient (Wildman–Crippen LogP) is 1.30. The van der Waals surface area contributed by atoms with Crippen molar-refractivity contribution in [3.05, 3.63) is 0 Å². The van der Waals surface area contributed by atoms with Crippen LogP contribution in [0.2, 0.25) is 0 Å². The Morgan fingerprint density at radius 3 is 1.50 bits per heavy atom. The van der Waals surface area contributed by atoms with Crippen molar-refractivity contribution in [2.24, 2.45) is 0 Å². The van der Waals surface area contributed by atoms with Gasteiger partial charge in [-0.25, -0.2) is 0 Å². The Hall–Kier alpha value is -0.226. The number of aliphatic hydroxyl groups excluding tert-OH is 2. The van der Waals surface area contributed by atoms with Gasteiger partial charge in [0.1, 0.15) is 12.2 Å². The molecular weight excluding hydrogens is 272 g/mol. The van der Waals surface area contributed by atoms with Gasteiger partial charge >= 0.3 is 5.97 Å². The largest absolute Gasteiger partial charge is 0.466 e. The van der Waals surface area contributed by atoms with Crippen molar-refractivity contribution >= 4 is 11.8 Å². The summed E-state index contributed by atoms with van der Waals surface area (Å²) in [5.74, 6) is -0.599. The fraction of sp³-hybridized carbons (Fsp3) is 0.833. The van der Waals surface area contributed by atoms with Crippen LogP contribution in [0.15, 0.2) is 0 Å². The molecule has 0 aromatic carbocycles. The third kappa shape index (κ3) is 75.0. The standard InChI is InChI=1S/C6H10O3.2C3H8O.Ti/c1-3-9-6(8)4-5(2)7;2*1-3(2)4;/h3-4H2,1-2H3;2*3-4H,1-2H3;. The third-order valence-corrected chi connectivity index (χ3v) is 0.699. The molecule has 0 spiro atoms. The SMILES string of the molecule is CC(C)O.CC(C)O.CCOC(=O)CC(C)=O.[Ti]. The van der Waals surface area contributed by atoms with E-state index in [9.17, 15) is 9.59 Å². The summed E-state index contributed by atoms with van der Waals surface area (Å²) < 4.78 is 4.49. The summed E-state index contributed by atoms with van der Waals surface area (Å²) in [6.45, 7) is 10.3. The molecule has 5 nitrogen and oxygen atoms in total. The Bertz CT molecular complexity index is 181. The van der Waals surface area contributed by atoms with Crippen molar-refractivity contribution in [2.45, 2.75) is 60.2 Å². The van der Waals surface area contributed by atoms with Crippen LogP contribution in [0, 0.1) is 0 Å². The number of esters is 1.